The molecule has 2 heterocycles. The summed E-state index contributed by atoms with van der Waals surface area (Å²) in [6.07, 6.45) is 3.83. The number of anilines is 1. The lowest BCUT2D eigenvalue weighted by atomic mass is 10.0. The van der Waals surface area contributed by atoms with Gasteiger partial charge in [0.05, 0.1) is 25.0 Å². The van der Waals surface area contributed by atoms with Gasteiger partial charge in [-0.25, -0.2) is 4.68 Å². The Hall–Kier alpha value is -1.85. The molecule has 1 aromatic heterocycles. The molecule has 122 valence electrons. The van der Waals surface area contributed by atoms with E-state index in [9.17, 15) is 4.79 Å². The third-order valence-electron chi connectivity index (χ3n) is 4.00. The average Bonchev–Trinajstić information content (AvgIpc) is 2.60. The first-order valence-corrected chi connectivity index (χ1v) is 8.23. The van der Waals surface area contributed by atoms with E-state index in [2.05, 4.69) is 10.4 Å². The standard InChI is InChI=1S/C17H20ClN3O2/c18-16-15(19-9-14-7-4-8-23-12-14)10-20-21(17(16)22)11-13-5-2-1-3-6-13/h1-3,5-6,10,14,19H,4,7-9,11-12H2/t14-/m1/s1. The molecule has 23 heavy (non-hydrogen) atoms. The number of nitrogens with zero attached hydrogens (tertiary/aromatic N) is 2. The second kappa shape index (κ2) is 7.62. The summed E-state index contributed by atoms with van der Waals surface area (Å²) in [5.74, 6) is 0.451. The monoisotopic (exact) mass is 333 g/mol. The van der Waals surface area contributed by atoms with Crippen LogP contribution in [0.5, 0.6) is 0 Å². The van der Waals surface area contributed by atoms with Gasteiger partial charge in [-0.2, -0.15) is 5.10 Å². The third-order valence-corrected chi connectivity index (χ3v) is 4.36. The van der Waals surface area contributed by atoms with Crippen molar-refractivity contribution in [1.29, 1.82) is 0 Å². The number of nitrogens with one attached hydrogen (secondary N) is 1. The van der Waals surface area contributed by atoms with Gasteiger partial charge < -0.3 is 10.1 Å². The molecule has 0 spiro atoms. The lowest BCUT2D eigenvalue weighted by Crippen LogP contribution is -2.27. The molecule has 2 aromatic rings. The summed E-state index contributed by atoms with van der Waals surface area (Å²) >= 11 is 6.22. The fraction of sp³-hybridized carbons (Fsp3) is 0.412. The minimum Gasteiger partial charge on any atom is -0.382 e. The maximum atomic E-state index is 12.3. The zero-order valence-corrected chi connectivity index (χ0v) is 13.6. The molecule has 1 aromatic carbocycles. The van der Waals surface area contributed by atoms with Gasteiger partial charge in [-0.05, 0) is 24.3 Å². The van der Waals surface area contributed by atoms with Crippen LogP contribution in [0.4, 0.5) is 5.69 Å². The van der Waals surface area contributed by atoms with Crippen molar-refractivity contribution < 1.29 is 4.74 Å². The molecule has 3 rings (SSSR count). The van der Waals surface area contributed by atoms with Crippen LogP contribution in [-0.4, -0.2) is 29.5 Å². The van der Waals surface area contributed by atoms with Crippen LogP contribution in [-0.2, 0) is 11.3 Å². The molecule has 1 N–H and O–H groups in total. The molecule has 0 radical (unpaired) electrons. The molecular formula is C17H20ClN3O2. The highest BCUT2D eigenvalue weighted by Crippen LogP contribution is 2.19. The molecule has 0 bridgehead atoms. The molecule has 0 aliphatic carbocycles. The Morgan fingerprint density at radius 1 is 1.35 bits per heavy atom. The summed E-state index contributed by atoms with van der Waals surface area (Å²) in [6, 6.07) is 9.72. The number of halogens is 1. The maximum absolute atomic E-state index is 12.3. The Labute approximate surface area is 140 Å². The predicted molar refractivity (Wildman–Crippen MR) is 91.1 cm³/mol. The SMILES string of the molecule is O=c1c(Cl)c(NC[C@H]2CCCOC2)cnn1Cc1ccccc1. The zero-order chi connectivity index (χ0) is 16.1. The van der Waals surface area contributed by atoms with Gasteiger partial charge in [0.2, 0.25) is 0 Å². The molecule has 0 amide bonds. The maximum Gasteiger partial charge on any atom is 0.287 e. The van der Waals surface area contributed by atoms with Crippen molar-refractivity contribution in [2.24, 2.45) is 5.92 Å². The minimum absolute atomic E-state index is 0.188. The summed E-state index contributed by atoms with van der Waals surface area (Å²) in [5.41, 5.74) is 1.32. The van der Waals surface area contributed by atoms with Crippen LogP contribution in [0.2, 0.25) is 5.02 Å². The van der Waals surface area contributed by atoms with Crippen LogP contribution in [0.15, 0.2) is 41.3 Å². The molecular weight excluding hydrogens is 314 g/mol. The summed E-state index contributed by atoms with van der Waals surface area (Å²) in [4.78, 5) is 12.3. The minimum atomic E-state index is -0.277. The van der Waals surface area contributed by atoms with Crippen molar-refractivity contribution in [3.05, 3.63) is 57.5 Å². The molecule has 0 unspecified atom stereocenters. The molecule has 0 saturated carbocycles. The van der Waals surface area contributed by atoms with E-state index < -0.39 is 0 Å². The zero-order valence-electron chi connectivity index (χ0n) is 12.9. The van der Waals surface area contributed by atoms with Crippen molar-refractivity contribution in [1.82, 2.24) is 9.78 Å². The van der Waals surface area contributed by atoms with Gasteiger partial charge in [-0.15, -0.1) is 0 Å². The lowest BCUT2D eigenvalue weighted by molar-refractivity contribution is 0.0595. The smallest absolute Gasteiger partial charge is 0.287 e. The van der Waals surface area contributed by atoms with Gasteiger partial charge in [0.1, 0.15) is 5.02 Å². The van der Waals surface area contributed by atoms with Crippen LogP contribution in [0.3, 0.4) is 0 Å². The summed E-state index contributed by atoms with van der Waals surface area (Å²) in [5, 5.41) is 7.64. The molecule has 6 heteroatoms. The predicted octanol–water partition coefficient (Wildman–Crippen LogP) is 2.78. The second-order valence-corrected chi connectivity index (χ2v) is 6.16. The summed E-state index contributed by atoms with van der Waals surface area (Å²) in [7, 11) is 0. The van der Waals surface area contributed by atoms with E-state index in [1.54, 1.807) is 6.20 Å². The molecule has 1 aliphatic heterocycles. The topological polar surface area (TPSA) is 56.1 Å². The molecule has 1 saturated heterocycles. The molecule has 1 atom stereocenters. The van der Waals surface area contributed by atoms with Gasteiger partial charge >= 0.3 is 0 Å². The van der Waals surface area contributed by atoms with Crippen LogP contribution in [0.1, 0.15) is 18.4 Å². The van der Waals surface area contributed by atoms with Crippen molar-refractivity contribution >= 4 is 17.3 Å². The van der Waals surface area contributed by atoms with Crippen molar-refractivity contribution in [3.63, 3.8) is 0 Å². The first-order chi connectivity index (χ1) is 11.2. The van der Waals surface area contributed by atoms with Crippen molar-refractivity contribution in [2.45, 2.75) is 19.4 Å². The second-order valence-electron chi connectivity index (χ2n) is 5.78. The Morgan fingerprint density at radius 3 is 2.91 bits per heavy atom. The summed E-state index contributed by atoms with van der Waals surface area (Å²) in [6.45, 7) is 2.75. The molecule has 5 nitrogen and oxygen atoms in total. The van der Waals surface area contributed by atoms with E-state index in [0.717, 1.165) is 38.2 Å². The van der Waals surface area contributed by atoms with Gasteiger partial charge in [-0.3, -0.25) is 4.79 Å². The number of rotatable bonds is 5. The highest BCUT2D eigenvalue weighted by Gasteiger charge is 2.15. The van der Waals surface area contributed by atoms with Gasteiger partial charge in [0.25, 0.3) is 5.56 Å². The van der Waals surface area contributed by atoms with E-state index in [0.29, 0.717) is 18.2 Å². The van der Waals surface area contributed by atoms with Crippen LogP contribution >= 0.6 is 11.6 Å². The summed E-state index contributed by atoms with van der Waals surface area (Å²) < 4.78 is 6.84. The lowest BCUT2D eigenvalue weighted by Gasteiger charge is -2.22. The van der Waals surface area contributed by atoms with Crippen molar-refractivity contribution in [3.8, 4) is 0 Å². The number of ether oxygens (including phenoxy) is 1. The van der Waals surface area contributed by atoms with E-state index in [-0.39, 0.29) is 10.6 Å². The highest BCUT2D eigenvalue weighted by molar-refractivity contribution is 6.32. The number of hydrogen-bond donors (Lipinski definition) is 1. The van der Waals surface area contributed by atoms with Gasteiger partial charge in [-0.1, -0.05) is 41.9 Å². The van der Waals surface area contributed by atoms with Crippen LogP contribution < -0.4 is 10.9 Å². The molecule has 1 aliphatic rings. The highest BCUT2D eigenvalue weighted by atomic mass is 35.5. The number of aromatic nitrogens is 2. The fourth-order valence-corrected chi connectivity index (χ4v) is 2.89. The first-order valence-electron chi connectivity index (χ1n) is 7.85. The largest absolute Gasteiger partial charge is 0.382 e. The first kappa shape index (κ1) is 16.0. The van der Waals surface area contributed by atoms with Crippen molar-refractivity contribution in [2.75, 3.05) is 25.1 Å². The van der Waals surface area contributed by atoms with Crippen LogP contribution in [0, 0.1) is 5.92 Å². The quantitative estimate of drug-likeness (QED) is 0.914. The van der Waals surface area contributed by atoms with Gasteiger partial charge in [0, 0.05) is 13.2 Å². The van der Waals surface area contributed by atoms with E-state index >= 15 is 0 Å². The normalized spacial score (nSPS) is 17.9. The van der Waals surface area contributed by atoms with Gasteiger partial charge in [0.15, 0.2) is 0 Å². The Kier molecular flexibility index (Phi) is 5.31. The Bertz CT molecular complexity index is 697. The van der Waals surface area contributed by atoms with E-state index in [1.165, 1.54) is 4.68 Å². The van der Waals surface area contributed by atoms with E-state index in [4.69, 9.17) is 16.3 Å². The Balaban J connectivity index is 1.68. The number of hydrogen-bond acceptors (Lipinski definition) is 4. The fourth-order valence-electron chi connectivity index (χ4n) is 2.68. The molecule has 1 fully saturated rings. The average molecular weight is 334 g/mol. The number of benzene rings is 1. The third kappa shape index (κ3) is 4.12. The Morgan fingerprint density at radius 2 is 2.17 bits per heavy atom. The van der Waals surface area contributed by atoms with E-state index in [1.807, 2.05) is 30.3 Å². The van der Waals surface area contributed by atoms with Crippen LogP contribution in [0.25, 0.3) is 0 Å².